The summed E-state index contributed by atoms with van der Waals surface area (Å²) in [7, 11) is 4.42. The van der Waals surface area contributed by atoms with Crippen molar-refractivity contribution in [1.82, 2.24) is 14.8 Å². The Morgan fingerprint density at radius 3 is 2.52 bits per heavy atom. The van der Waals surface area contributed by atoms with Gasteiger partial charge < -0.3 is 24.6 Å². The Morgan fingerprint density at radius 1 is 1.26 bits per heavy atom. The highest BCUT2D eigenvalue weighted by molar-refractivity contribution is 5.99. The molecule has 1 aromatic heterocycles. The fourth-order valence-corrected chi connectivity index (χ4v) is 2.95. The molecule has 1 atom stereocenters. The van der Waals surface area contributed by atoms with Crippen molar-refractivity contribution < 1.29 is 36.6 Å². The predicted octanol–water partition coefficient (Wildman–Crippen LogP) is 3.34. The molecule has 0 bridgehead atoms. The lowest BCUT2D eigenvalue weighted by Crippen LogP contribution is -2.40. The number of rotatable bonds is 5. The highest BCUT2D eigenvalue weighted by Crippen LogP contribution is 2.34. The molecule has 0 unspecified atom stereocenters. The van der Waals surface area contributed by atoms with E-state index in [1.807, 2.05) is 0 Å². The maximum absolute atomic E-state index is 14.0. The first-order chi connectivity index (χ1) is 14.5. The second-order valence-corrected chi connectivity index (χ2v) is 6.75. The topological polar surface area (TPSA) is 84.0 Å². The molecule has 166 valence electrons. The molecule has 12 heteroatoms. The van der Waals surface area contributed by atoms with Crippen LogP contribution in [-0.4, -0.2) is 60.5 Å². The summed E-state index contributed by atoms with van der Waals surface area (Å²) in [4.78, 5) is 30.6. The number of aromatic nitrogens is 1. The molecule has 1 saturated heterocycles. The van der Waals surface area contributed by atoms with Crippen molar-refractivity contribution in [3.8, 4) is 17.4 Å². The lowest BCUT2D eigenvalue weighted by Gasteiger charge is -2.19. The number of ether oxygens (including phenoxy) is 2. The Balaban J connectivity index is 1.81. The van der Waals surface area contributed by atoms with E-state index < -0.39 is 35.4 Å². The quantitative estimate of drug-likeness (QED) is 0.719. The highest BCUT2D eigenvalue weighted by Gasteiger charge is 2.37. The van der Waals surface area contributed by atoms with Crippen molar-refractivity contribution in [1.29, 1.82) is 0 Å². The van der Waals surface area contributed by atoms with Gasteiger partial charge in [0.15, 0.2) is 5.82 Å². The molecule has 0 spiro atoms. The number of carbonyl (C=O) groups is 2. The van der Waals surface area contributed by atoms with E-state index in [0.717, 1.165) is 0 Å². The summed E-state index contributed by atoms with van der Waals surface area (Å²) >= 11 is 0. The number of methoxy groups -OCH3 is 1. The van der Waals surface area contributed by atoms with E-state index >= 15 is 0 Å². The third-order valence-corrected chi connectivity index (χ3v) is 4.62. The van der Waals surface area contributed by atoms with Gasteiger partial charge >= 0.3 is 12.2 Å². The molecule has 1 N–H and O–H groups in total. The summed E-state index contributed by atoms with van der Waals surface area (Å²) in [5.41, 5.74) is -1.09. The van der Waals surface area contributed by atoms with Gasteiger partial charge in [0, 0.05) is 26.4 Å². The van der Waals surface area contributed by atoms with Crippen LogP contribution in [0.25, 0.3) is 0 Å². The maximum Gasteiger partial charge on any atom is 0.417 e. The zero-order chi connectivity index (χ0) is 22.9. The molecule has 1 aliphatic heterocycles. The zero-order valence-electron chi connectivity index (χ0n) is 16.7. The Labute approximate surface area is 174 Å². The molecule has 31 heavy (non-hydrogen) atoms. The Hall–Kier alpha value is -3.57. The zero-order valence-corrected chi connectivity index (χ0v) is 16.7. The van der Waals surface area contributed by atoms with Crippen LogP contribution in [-0.2, 0) is 11.0 Å². The highest BCUT2D eigenvalue weighted by atomic mass is 19.4. The van der Waals surface area contributed by atoms with Crippen molar-refractivity contribution >= 4 is 17.6 Å². The molecule has 3 rings (SSSR count). The van der Waals surface area contributed by atoms with Gasteiger partial charge in [-0.1, -0.05) is 0 Å². The predicted molar refractivity (Wildman–Crippen MR) is 100 cm³/mol. The lowest BCUT2D eigenvalue weighted by molar-refractivity contribution is -0.138. The number of urea groups is 1. The summed E-state index contributed by atoms with van der Waals surface area (Å²) in [6.45, 7) is 0.181. The summed E-state index contributed by atoms with van der Waals surface area (Å²) in [5.74, 6) is -2.21. The maximum atomic E-state index is 14.0. The lowest BCUT2D eigenvalue weighted by atomic mass is 10.2. The van der Waals surface area contributed by atoms with Gasteiger partial charge in [0.25, 0.3) is 5.88 Å². The van der Waals surface area contributed by atoms with Gasteiger partial charge in [0.1, 0.15) is 17.5 Å². The molecule has 3 amide bonds. The van der Waals surface area contributed by atoms with Crippen molar-refractivity contribution in [2.45, 2.75) is 12.2 Å². The average molecular weight is 442 g/mol. The van der Waals surface area contributed by atoms with Crippen LogP contribution in [0.3, 0.4) is 0 Å². The van der Waals surface area contributed by atoms with Gasteiger partial charge in [-0.3, -0.25) is 4.79 Å². The summed E-state index contributed by atoms with van der Waals surface area (Å²) in [5, 5.41) is 2.62. The van der Waals surface area contributed by atoms with E-state index in [2.05, 4.69) is 10.3 Å². The number of nitrogens with zero attached hydrogens (tertiary/aromatic N) is 3. The number of amides is 3. The van der Waals surface area contributed by atoms with Crippen molar-refractivity contribution in [2.24, 2.45) is 0 Å². The summed E-state index contributed by atoms with van der Waals surface area (Å²) in [6, 6.07) is 3.30. The summed E-state index contributed by atoms with van der Waals surface area (Å²) in [6.07, 6.45) is -4.29. The monoisotopic (exact) mass is 442 g/mol. The first-order valence-corrected chi connectivity index (χ1v) is 8.88. The van der Waals surface area contributed by atoms with E-state index in [4.69, 9.17) is 9.47 Å². The number of likely N-dealkylation sites (N-methyl/N-ethyl adjacent to an activating group) is 2. The molecule has 1 aromatic carbocycles. The van der Waals surface area contributed by atoms with Crippen LogP contribution in [0.4, 0.5) is 28.0 Å². The molecule has 2 aromatic rings. The van der Waals surface area contributed by atoms with Crippen molar-refractivity contribution in [2.75, 3.05) is 33.1 Å². The third-order valence-electron chi connectivity index (χ3n) is 4.62. The fraction of sp³-hybridized carbons (Fsp3) is 0.316. The van der Waals surface area contributed by atoms with Gasteiger partial charge in [0.05, 0.1) is 24.9 Å². The average Bonchev–Trinajstić information content (AvgIpc) is 2.96. The molecule has 1 fully saturated rings. The van der Waals surface area contributed by atoms with Gasteiger partial charge in [-0.15, -0.1) is 0 Å². The van der Waals surface area contributed by atoms with E-state index in [9.17, 15) is 27.2 Å². The van der Waals surface area contributed by atoms with Crippen LogP contribution in [0.5, 0.6) is 17.4 Å². The molecule has 1 aliphatic rings. The molecule has 0 radical (unpaired) electrons. The number of pyridine rings is 1. The van der Waals surface area contributed by atoms with Crippen molar-refractivity contribution in [3.05, 3.63) is 41.8 Å². The Bertz CT molecular complexity index is 1010. The number of hydrogen-bond donors (Lipinski definition) is 1. The molecule has 0 aliphatic carbocycles. The minimum absolute atomic E-state index is 0.00442. The first kappa shape index (κ1) is 22.1. The number of carbonyl (C=O) groups excluding carboxylic acids is 2. The van der Waals surface area contributed by atoms with Crippen LogP contribution < -0.4 is 14.8 Å². The Morgan fingerprint density at radius 2 is 1.97 bits per heavy atom. The fourth-order valence-electron chi connectivity index (χ4n) is 2.95. The van der Waals surface area contributed by atoms with Crippen LogP contribution in [0, 0.1) is 5.82 Å². The minimum atomic E-state index is -4.74. The van der Waals surface area contributed by atoms with Crippen LogP contribution in [0.2, 0.25) is 0 Å². The minimum Gasteiger partial charge on any atom is -0.495 e. The number of hydrogen-bond acceptors (Lipinski definition) is 5. The van der Waals surface area contributed by atoms with E-state index in [0.29, 0.717) is 6.20 Å². The number of nitrogens with one attached hydrogen (secondary N) is 1. The largest absolute Gasteiger partial charge is 0.495 e. The number of halogens is 4. The van der Waals surface area contributed by atoms with E-state index in [1.165, 1.54) is 42.2 Å². The SMILES string of the molecule is COc1ccc(Oc2ncc(C(F)(F)F)cc2F)cc1NC(=O)[C@@H]1CN(C)C(=O)N1C. The summed E-state index contributed by atoms with van der Waals surface area (Å²) < 4.78 is 62.4. The van der Waals surface area contributed by atoms with E-state index in [-0.39, 0.29) is 35.8 Å². The van der Waals surface area contributed by atoms with Gasteiger partial charge in [0.2, 0.25) is 5.91 Å². The van der Waals surface area contributed by atoms with Crippen LogP contribution >= 0.6 is 0 Å². The molecule has 8 nitrogen and oxygen atoms in total. The number of anilines is 1. The molecular formula is C19H18F4N4O4. The second-order valence-electron chi connectivity index (χ2n) is 6.75. The molecular weight excluding hydrogens is 424 g/mol. The van der Waals surface area contributed by atoms with E-state index in [1.54, 1.807) is 7.05 Å². The Kier molecular flexibility index (Phi) is 5.91. The number of benzene rings is 1. The van der Waals surface area contributed by atoms with Gasteiger partial charge in [-0.05, 0) is 18.2 Å². The standard InChI is InChI=1S/C19H18F4N4O4/c1-26-9-14(27(2)18(26)29)16(28)25-13-7-11(4-5-15(13)30-3)31-17-12(20)6-10(8-24-17)19(21,22)23/h4-8,14H,9H2,1-3H3,(H,25,28)/t14-/m0/s1. The van der Waals surface area contributed by atoms with Gasteiger partial charge in [-0.2, -0.15) is 13.2 Å². The third kappa shape index (κ3) is 4.62. The van der Waals surface area contributed by atoms with Gasteiger partial charge in [-0.25, -0.2) is 14.2 Å². The molecule has 2 heterocycles. The molecule has 0 saturated carbocycles. The number of alkyl halides is 3. The van der Waals surface area contributed by atoms with Crippen molar-refractivity contribution in [3.63, 3.8) is 0 Å². The first-order valence-electron chi connectivity index (χ1n) is 8.88. The smallest absolute Gasteiger partial charge is 0.417 e. The van der Waals surface area contributed by atoms with Crippen LogP contribution in [0.15, 0.2) is 30.5 Å². The second kappa shape index (κ2) is 8.28. The van der Waals surface area contributed by atoms with Crippen LogP contribution in [0.1, 0.15) is 5.56 Å². The normalized spacial score (nSPS) is 16.5.